The molecule has 0 amide bonds. The first-order valence-corrected chi connectivity index (χ1v) is 5.11. The molecule has 0 radical (unpaired) electrons. The van der Waals surface area contributed by atoms with Gasteiger partial charge in [0.05, 0.1) is 12.8 Å². The summed E-state index contributed by atoms with van der Waals surface area (Å²) in [5.41, 5.74) is 0. The zero-order chi connectivity index (χ0) is 10.1. The number of ether oxygens (including phenoxy) is 1. The lowest BCUT2D eigenvalue weighted by atomic mass is 10.2. The highest BCUT2D eigenvalue weighted by Gasteiger charge is 1.92. The van der Waals surface area contributed by atoms with Gasteiger partial charge in [-0.1, -0.05) is 0 Å². The maximum atomic E-state index is 5.50. The summed E-state index contributed by atoms with van der Waals surface area (Å²) < 4.78 is 5.50. The third-order valence-corrected chi connectivity index (χ3v) is 1.97. The van der Waals surface area contributed by atoms with Crippen LogP contribution in [0.5, 0.6) is 5.75 Å². The largest absolute Gasteiger partial charge is 0.492 e. The lowest BCUT2D eigenvalue weighted by molar-refractivity contribution is 0.304. The molecule has 14 heavy (non-hydrogen) atoms. The Morgan fingerprint density at radius 2 is 2.29 bits per heavy atom. The first-order chi connectivity index (χ1) is 6.93. The van der Waals surface area contributed by atoms with Gasteiger partial charge in [-0.05, 0) is 45.0 Å². The highest BCUT2D eigenvalue weighted by atomic mass is 16.5. The number of aromatic nitrogens is 1. The van der Waals surface area contributed by atoms with Crippen LogP contribution in [0, 0.1) is 0 Å². The number of rotatable bonds is 7. The summed E-state index contributed by atoms with van der Waals surface area (Å²) in [5.74, 6) is 0.862. The zero-order valence-corrected chi connectivity index (χ0v) is 8.70. The predicted molar refractivity (Wildman–Crippen MR) is 57.5 cm³/mol. The van der Waals surface area contributed by atoms with E-state index in [1.54, 1.807) is 12.4 Å². The molecule has 0 aliphatic carbocycles. The Morgan fingerprint density at radius 1 is 1.36 bits per heavy atom. The second-order valence-electron chi connectivity index (χ2n) is 3.20. The molecule has 0 fully saturated rings. The monoisotopic (exact) mass is 194 g/mol. The van der Waals surface area contributed by atoms with E-state index in [1.165, 1.54) is 12.8 Å². The van der Waals surface area contributed by atoms with Crippen molar-refractivity contribution in [3.05, 3.63) is 24.5 Å². The summed E-state index contributed by atoms with van der Waals surface area (Å²) in [7, 11) is 1.98. The maximum Gasteiger partial charge on any atom is 0.137 e. The van der Waals surface area contributed by atoms with E-state index in [0.717, 1.165) is 25.3 Å². The molecule has 1 heterocycles. The highest BCUT2D eigenvalue weighted by Crippen LogP contribution is 2.07. The van der Waals surface area contributed by atoms with Crippen LogP contribution in [0.25, 0.3) is 0 Å². The molecule has 3 nitrogen and oxygen atoms in total. The van der Waals surface area contributed by atoms with Crippen molar-refractivity contribution in [3.63, 3.8) is 0 Å². The number of hydrogen-bond acceptors (Lipinski definition) is 3. The van der Waals surface area contributed by atoms with Crippen LogP contribution in [0.4, 0.5) is 0 Å². The van der Waals surface area contributed by atoms with Gasteiger partial charge < -0.3 is 10.1 Å². The van der Waals surface area contributed by atoms with Crippen LogP contribution in [-0.2, 0) is 0 Å². The molecule has 3 heteroatoms. The van der Waals surface area contributed by atoms with Crippen LogP contribution < -0.4 is 10.1 Å². The van der Waals surface area contributed by atoms with Crippen LogP contribution in [0.2, 0.25) is 0 Å². The van der Waals surface area contributed by atoms with Gasteiger partial charge in [-0.2, -0.15) is 0 Å². The first kappa shape index (κ1) is 11.0. The molecule has 0 saturated heterocycles. The average Bonchev–Trinajstić information content (AvgIpc) is 2.25. The SMILES string of the molecule is CNCCCCCOc1cccnc1. The van der Waals surface area contributed by atoms with E-state index in [0.29, 0.717) is 0 Å². The van der Waals surface area contributed by atoms with Crippen molar-refractivity contribution >= 4 is 0 Å². The lowest BCUT2D eigenvalue weighted by Gasteiger charge is -2.04. The summed E-state index contributed by atoms with van der Waals surface area (Å²) in [6.45, 7) is 1.88. The van der Waals surface area contributed by atoms with E-state index in [-0.39, 0.29) is 0 Å². The van der Waals surface area contributed by atoms with Gasteiger partial charge in [0.2, 0.25) is 0 Å². The molecule has 0 aliphatic heterocycles. The summed E-state index contributed by atoms with van der Waals surface area (Å²) in [5, 5.41) is 3.13. The molecule has 0 unspecified atom stereocenters. The molecule has 0 saturated carbocycles. The molecule has 1 N–H and O–H groups in total. The molecule has 0 aromatic carbocycles. The Morgan fingerprint density at radius 3 is 3.00 bits per heavy atom. The first-order valence-electron chi connectivity index (χ1n) is 5.11. The van der Waals surface area contributed by atoms with Crippen molar-refractivity contribution in [2.45, 2.75) is 19.3 Å². The van der Waals surface area contributed by atoms with Gasteiger partial charge in [-0.25, -0.2) is 0 Å². The van der Waals surface area contributed by atoms with Crippen molar-refractivity contribution < 1.29 is 4.74 Å². The summed E-state index contributed by atoms with van der Waals surface area (Å²) in [4.78, 5) is 3.98. The normalized spacial score (nSPS) is 10.1. The molecule has 0 bridgehead atoms. The number of pyridine rings is 1. The molecule has 1 aromatic heterocycles. The summed E-state index contributed by atoms with van der Waals surface area (Å²) in [6.07, 6.45) is 7.03. The topological polar surface area (TPSA) is 34.1 Å². The smallest absolute Gasteiger partial charge is 0.137 e. The van der Waals surface area contributed by atoms with Crippen molar-refractivity contribution in [1.82, 2.24) is 10.3 Å². The highest BCUT2D eigenvalue weighted by molar-refractivity contribution is 5.15. The number of hydrogen-bond donors (Lipinski definition) is 1. The minimum atomic E-state index is 0.787. The van der Waals surface area contributed by atoms with Crippen molar-refractivity contribution in [2.75, 3.05) is 20.2 Å². The van der Waals surface area contributed by atoms with Gasteiger partial charge in [-0.15, -0.1) is 0 Å². The Labute approximate surface area is 85.5 Å². The molecule has 1 aromatic rings. The molecular formula is C11H18N2O. The molecule has 0 aliphatic rings. The molecule has 1 rings (SSSR count). The van der Waals surface area contributed by atoms with Crippen molar-refractivity contribution in [2.24, 2.45) is 0 Å². The van der Waals surface area contributed by atoms with Gasteiger partial charge in [0.25, 0.3) is 0 Å². The van der Waals surface area contributed by atoms with Crippen LogP contribution in [0.1, 0.15) is 19.3 Å². The van der Waals surface area contributed by atoms with Crippen LogP contribution in [0.3, 0.4) is 0 Å². The Bertz CT molecular complexity index is 226. The van der Waals surface area contributed by atoms with Crippen molar-refractivity contribution in [3.8, 4) is 5.75 Å². The Balaban J connectivity index is 1.99. The molecule has 0 spiro atoms. The van der Waals surface area contributed by atoms with Gasteiger partial charge in [0, 0.05) is 6.20 Å². The molecule has 78 valence electrons. The third-order valence-electron chi connectivity index (χ3n) is 1.97. The van der Waals surface area contributed by atoms with Gasteiger partial charge >= 0.3 is 0 Å². The second-order valence-corrected chi connectivity index (χ2v) is 3.20. The van der Waals surface area contributed by atoms with E-state index < -0.39 is 0 Å². The fourth-order valence-corrected chi connectivity index (χ4v) is 1.20. The quantitative estimate of drug-likeness (QED) is 0.673. The fraction of sp³-hybridized carbons (Fsp3) is 0.545. The van der Waals surface area contributed by atoms with Gasteiger partial charge in [0.15, 0.2) is 0 Å². The van der Waals surface area contributed by atoms with E-state index in [1.807, 2.05) is 19.2 Å². The van der Waals surface area contributed by atoms with Gasteiger partial charge in [0.1, 0.15) is 5.75 Å². The van der Waals surface area contributed by atoms with Crippen LogP contribution in [-0.4, -0.2) is 25.2 Å². The van der Waals surface area contributed by atoms with Crippen LogP contribution >= 0.6 is 0 Å². The predicted octanol–water partition coefficient (Wildman–Crippen LogP) is 1.85. The van der Waals surface area contributed by atoms with E-state index in [4.69, 9.17) is 4.74 Å². The summed E-state index contributed by atoms with van der Waals surface area (Å²) in [6, 6.07) is 3.82. The summed E-state index contributed by atoms with van der Waals surface area (Å²) >= 11 is 0. The lowest BCUT2D eigenvalue weighted by Crippen LogP contribution is -2.07. The fourth-order valence-electron chi connectivity index (χ4n) is 1.20. The standard InChI is InChI=1S/C11H18N2O/c1-12-7-3-2-4-9-14-11-6-5-8-13-10-11/h5-6,8,10,12H,2-4,7,9H2,1H3. The number of nitrogens with one attached hydrogen (secondary N) is 1. The number of unbranched alkanes of at least 4 members (excludes halogenated alkanes) is 2. The Kier molecular flexibility index (Phi) is 5.75. The molecular weight excluding hydrogens is 176 g/mol. The maximum absolute atomic E-state index is 5.50. The third kappa shape index (κ3) is 4.82. The average molecular weight is 194 g/mol. The van der Waals surface area contributed by atoms with E-state index in [9.17, 15) is 0 Å². The minimum absolute atomic E-state index is 0.787. The zero-order valence-electron chi connectivity index (χ0n) is 8.70. The van der Waals surface area contributed by atoms with E-state index in [2.05, 4.69) is 10.3 Å². The number of nitrogens with zero attached hydrogens (tertiary/aromatic N) is 1. The second kappa shape index (κ2) is 7.33. The van der Waals surface area contributed by atoms with E-state index >= 15 is 0 Å². The van der Waals surface area contributed by atoms with Crippen LogP contribution in [0.15, 0.2) is 24.5 Å². The van der Waals surface area contributed by atoms with Gasteiger partial charge in [-0.3, -0.25) is 4.98 Å². The molecule has 0 atom stereocenters. The minimum Gasteiger partial charge on any atom is -0.492 e. The van der Waals surface area contributed by atoms with Crippen molar-refractivity contribution in [1.29, 1.82) is 0 Å². The Hall–Kier alpha value is -1.09.